The average Bonchev–Trinajstić information content (AvgIpc) is 3.09. The summed E-state index contributed by atoms with van der Waals surface area (Å²) in [7, 11) is 0. The van der Waals surface area contributed by atoms with E-state index < -0.39 is 0 Å². The van der Waals surface area contributed by atoms with Crippen molar-refractivity contribution in [3.63, 3.8) is 0 Å². The van der Waals surface area contributed by atoms with Gasteiger partial charge in [-0.2, -0.15) is 0 Å². The maximum Gasteiger partial charge on any atom is 0.251 e. The minimum absolute atomic E-state index is 0.135. The number of aromatic nitrogens is 2. The smallest absolute Gasteiger partial charge is 0.251 e. The first-order valence-electron chi connectivity index (χ1n) is 7.59. The van der Waals surface area contributed by atoms with Crippen molar-refractivity contribution in [2.75, 3.05) is 12.3 Å². The Morgan fingerprint density at radius 2 is 1.88 bits per heavy atom. The van der Waals surface area contributed by atoms with Crippen LogP contribution >= 0.6 is 23.4 Å². The molecule has 4 nitrogen and oxygen atoms in total. The van der Waals surface area contributed by atoms with Gasteiger partial charge < -0.3 is 10.3 Å². The van der Waals surface area contributed by atoms with Crippen LogP contribution in [0.3, 0.4) is 0 Å². The van der Waals surface area contributed by atoms with Crippen molar-refractivity contribution in [3.8, 4) is 11.3 Å². The van der Waals surface area contributed by atoms with Crippen molar-refractivity contribution in [2.24, 2.45) is 0 Å². The minimum Gasteiger partial charge on any atom is -0.351 e. The second-order valence-corrected chi connectivity index (χ2v) is 6.74. The van der Waals surface area contributed by atoms with E-state index in [4.69, 9.17) is 11.6 Å². The Labute approximate surface area is 153 Å². The van der Waals surface area contributed by atoms with Crippen LogP contribution < -0.4 is 5.32 Å². The maximum atomic E-state index is 12.9. The van der Waals surface area contributed by atoms with E-state index in [0.29, 0.717) is 22.9 Å². The van der Waals surface area contributed by atoms with E-state index in [1.54, 1.807) is 42.6 Å². The lowest BCUT2D eigenvalue weighted by Gasteiger charge is -2.04. The van der Waals surface area contributed by atoms with Crippen LogP contribution in [0.5, 0.6) is 0 Å². The fourth-order valence-electron chi connectivity index (χ4n) is 2.17. The predicted octanol–water partition coefficient (Wildman–Crippen LogP) is 4.39. The normalized spacial score (nSPS) is 10.6. The summed E-state index contributed by atoms with van der Waals surface area (Å²) in [5, 5.41) is 4.20. The van der Waals surface area contributed by atoms with E-state index in [1.807, 2.05) is 0 Å². The highest BCUT2D eigenvalue weighted by atomic mass is 35.5. The van der Waals surface area contributed by atoms with Crippen molar-refractivity contribution in [1.82, 2.24) is 15.3 Å². The summed E-state index contributed by atoms with van der Waals surface area (Å²) in [6.07, 6.45) is 1.71. The molecule has 128 valence electrons. The van der Waals surface area contributed by atoms with Gasteiger partial charge in [0, 0.05) is 22.9 Å². The van der Waals surface area contributed by atoms with Gasteiger partial charge in [0.25, 0.3) is 5.91 Å². The number of imidazole rings is 1. The summed E-state index contributed by atoms with van der Waals surface area (Å²) in [6, 6.07) is 13.0. The lowest BCUT2D eigenvalue weighted by molar-refractivity contribution is 0.0956. The number of rotatable bonds is 6. The van der Waals surface area contributed by atoms with Gasteiger partial charge in [-0.05, 0) is 54.1 Å². The highest BCUT2D eigenvalue weighted by Gasteiger charge is 2.06. The molecule has 1 heterocycles. The van der Waals surface area contributed by atoms with Crippen LogP contribution in [0.15, 0.2) is 59.9 Å². The Kier molecular flexibility index (Phi) is 5.73. The molecule has 0 aliphatic rings. The molecule has 0 saturated carbocycles. The number of hydrogen-bond donors (Lipinski definition) is 2. The molecule has 1 aromatic heterocycles. The van der Waals surface area contributed by atoms with Gasteiger partial charge in [0.2, 0.25) is 0 Å². The molecule has 1 amide bonds. The molecule has 0 aliphatic heterocycles. The van der Waals surface area contributed by atoms with Crippen LogP contribution in [0.4, 0.5) is 4.39 Å². The largest absolute Gasteiger partial charge is 0.351 e. The van der Waals surface area contributed by atoms with Gasteiger partial charge in [0.15, 0.2) is 5.16 Å². The first-order valence-corrected chi connectivity index (χ1v) is 8.96. The Morgan fingerprint density at radius 3 is 2.60 bits per heavy atom. The molecule has 2 N–H and O–H groups in total. The highest BCUT2D eigenvalue weighted by Crippen LogP contribution is 2.21. The number of thioether (sulfide) groups is 1. The van der Waals surface area contributed by atoms with Crippen LogP contribution in [0.25, 0.3) is 11.3 Å². The Bertz CT molecular complexity index is 850. The van der Waals surface area contributed by atoms with Crippen molar-refractivity contribution in [1.29, 1.82) is 0 Å². The van der Waals surface area contributed by atoms with Crippen LogP contribution in [-0.2, 0) is 0 Å². The van der Waals surface area contributed by atoms with Crippen LogP contribution in [0.1, 0.15) is 10.4 Å². The molecular formula is C18H15ClFN3OS. The van der Waals surface area contributed by atoms with Crippen LogP contribution in [0.2, 0.25) is 5.02 Å². The third-order valence-electron chi connectivity index (χ3n) is 3.44. The molecule has 2 aromatic carbocycles. The zero-order chi connectivity index (χ0) is 17.6. The molecular weight excluding hydrogens is 361 g/mol. The van der Waals surface area contributed by atoms with Crippen molar-refractivity contribution >= 4 is 29.3 Å². The number of carbonyl (C=O) groups excluding carboxylic acids is 1. The first kappa shape index (κ1) is 17.5. The lowest BCUT2D eigenvalue weighted by Crippen LogP contribution is -2.25. The topological polar surface area (TPSA) is 57.8 Å². The summed E-state index contributed by atoms with van der Waals surface area (Å²) < 4.78 is 12.9. The minimum atomic E-state index is -0.269. The van der Waals surface area contributed by atoms with Crippen molar-refractivity contribution in [3.05, 3.63) is 71.1 Å². The standard InChI is InChI=1S/C18H15ClFN3OS/c19-14-5-1-13(2-6-14)17(24)21-9-10-25-18-22-11-16(23-18)12-3-7-15(20)8-4-12/h1-8,11H,9-10H2,(H,21,24)(H,22,23). The van der Waals surface area contributed by atoms with Crippen molar-refractivity contribution < 1.29 is 9.18 Å². The van der Waals surface area contributed by atoms with Gasteiger partial charge in [-0.15, -0.1) is 0 Å². The number of nitrogens with one attached hydrogen (secondary N) is 2. The van der Waals surface area contributed by atoms with E-state index >= 15 is 0 Å². The SMILES string of the molecule is O=C(NCCSc1ncc(-c2ccc(F)cc2)[nH]1)c1ccc(Cl)cc1. The number of carbonyl (C=O) groups is 1. The number of nitrogens with zero attached hydrogens (tertiary/aromatic N) is 1. The molecule has 25 heavy (non-hydrogen) atoms. The monoisotopic (exact) mass is 375 g/mol. The second kappa shape index (κ2) is 8.18. The second-order valence-electron chi connectivity index (χ2n) is 5.22. The number of benzene rings is 2. The molecule has 0 spiro atoms. The number of aromatic amines is 1. The quantitative estimate of drug-likeness (QED) is 0.496. The summed E-state index contributed by atoms with van der Waals surface area (Å²) in [5.41, 5.74) is 2.27. The molecule has 3 aromatic rings. The predicted molar refractivity (Wildman–Crippen MR) is 98.5 cm³/mol. The molecule has 0 aliphatic carbocycles. The fourth-order valence-corrected chi connectivity index (χ4v) is 3.00. The van der Waals surface area contributed by atoms with Crippen LogP contribution in [0, 0.1) is 5.82 Å². The maximum absolute atomic E-state index is 12.9. The molecule has 3 rings (SSSR count). The molecule has 0 saturated heterocycles. The van der Waals surface area contributed by atoms with Gasteiger partial charge in [-0.3, -0.25) is 4.79 Å². The molecule has 0 unspecified atom stereocenters. The third kappa shape index (κ3) is 4.84. The third-order valence-corrected chi connectivity index (χ3v) is 4.58. The number of halogens is 2. The fraction of sp³-hybridized carbons (Fsp3) is 0.111. The Hall–Kier alpha value is -2.31. The van der Waals surface area contributed by atoms with E-state index in [2.05, 4.69) is 15.3 Å². The summed E-state index contributed by atoms with van der Waals surface area (Å²) in [6.45, 7) is 0.513. The average molecular weight is 376 g/mol. The number of hydrogen-bond acceptors (Lipinski definition) is 3. The van der Waals surface area contributed by atoms with Crippen LogP contribution in [-0.4, -0.2) is 28.2 Å². The number of H-pyrrole nitrogens is 1. The molecule has 0 bridgehead atoms. The van der Waals surface area contributed by atoms with Crippen molar-refractivity contribution in [2.45, 2.75) is 5.16 Å². The van der Waals surface area contributed by atoms with E-state index in [0.717, 1.165) is 16.4 Å². The van der Waals surface area contributed by atoms with E-state index in [9.17, 15) is 9.18 Å². The van der Waals surface area contributed by atoms with Gasteiger partial charge in [-0.25, -0.2) is 9.37 Å². The van der Waals surface area contributed by atoms with Gasteiger partial charge in [-0.1, -0.05) is 23.4 Å². The van der Waals surface area contributed by atoms with Gasteiger partial charge >= 0.3 is 0 Å². The zero-order valence-corrected chi connectivity index (χ0v) is 14.7. The first-order chi connectivity index (χ1) is 12.1. The Balaban J connectivity index is 1.47. The van der Waals surface area contributed by atoms with Gasteiger partial charge in [0.1, 0.15) is 5.82 Å². The zero-order valence-electron chi connectivity index (χ0n) is 13.1. The molecule has 0 fully saturated rings. The highest BCUT2D eigenvalue weighted by molar-refractivity contribution is 7.99. The molecule has 0 atom stereocenters. The summed E-state index contributed by atoms with van der Waals surface area (Å²) in [4.78, 5) is 19.4. The molecule has 0 radical (unpaired) electrons. The number of amides is 1. The van der Waals surface area contributed by atoms with Gasteiger partial charge in [0.05, 0.1) is 11.9 Å². The summed E-state index contributed by atoms with van der Waals surface area (Å²) in [5.74, 6) is 0.272. The van der Waals surface area contributed by atoms with E-state index in [1.165, 1.54) is 23.9 Å². The molecule has 7 heteroatoms. The Morgan fingerprint density at radius 1 is 1.16 bits per heavy atom. The summed E-state index contributed by atoms with van der Waals surface area (Å²) >= 11 is 7.30. The van der Waals surface area contributed by atoms with E-state index in [-0.39, 0.29) is 11.7 Å². The lowest BCUT2D eigenvalue weighted by atomic mass is 10.2.